The van der Waals surface area contributed by atoms with Gasteiger partial charge in [0, 0.05) is 13.0 Å². The number of aliphatic hydroxyl groups is 1. The third-order valence-electron chi connectivity index (χ3n) is 7.82. The number of rotatable bonds is 25. The van der Waals surface area contributed by atoms with Crippen LogP contribution in [0.15, 0.2) is 0 Å². The molecule has 2 N–H and O–H groups in total. The molecule has 0 aromatic rings. The Morgan fingerprint density at radius 1 is 0.763 bits per heavy atom. The standard InChI is InChI=1S/C28H58N2O.C2H6O4S/c1-3-5-6-7-8-9-10-11-12-13-14-15-16-17-18-19-20-21-22-23-28-29(4-2)24-25-30(28)26-27-31;1-2-6-7(3,4)5/h28,31H,3-27H2,1-2H3;2H2,1H3,(H,3,4,5). The van der Waals surface area contributed by atoms with Crippen LogP contribution < -0.4 is 4.90 Å². The minimum absolute atomic E-state index is 0.0914. The highest BCUT2D eigenvalue weighted by atomic mass is 32.3. The van der Waals surface area contributed by atoms with E-state index in [9.17, 15) is 18.1 Å². The third kappa shape index (κ3) is 23.6. The summed E-state index contributed by atoms with van der Waals surface area (Å²) in [6.07, 6.45) is 29.5. The Kier molecular flexibility index (Phi) is 26.8. The van der Waals surface area contributed by atoms with Gasteiger partial charge in [0.1, 0.15) is 6.17 Å². The summed E-state index contributed by atoms with van der Waals surface area (Å²) in [6, 6.07) is 0. The first kappa shape index (κ1) is 37.8. The molecule has 8 heteroatoms. The minimum atomic E-state index is -4.42. The lowest BCUT2D eigenvalue weighted by molar-refractivity contribution is -0.917. The van der Waals surface area contributed by atoms with Crippen molar-refractivity contribution in [3.8, 4) is 0 Å². The number of likely N-dealkylation sites (N-methyl/N-ethyl adjacent to an activating group) is 1. The molecular weight excluding hydrogens is 500 g/mol. The molecule has 1 fully saturated rings. The molecule has 0 spiro atoms. The molecule has 2 atom stereocenters. The van der Waals surface area contributed by atoms with Crippen LogP contribution in [0.2, 0.25) is 0 Å². The van der Waals surface area contributed by atoms with Crippen LogP contribution in [0.3, 0.4) is 0 Å². The molecule has 1 aliphatic heterocycles. The maximum absolute atomic E-state index is 9.45. The summed E-state index contributed by atoms with van der Waals surface area (Å²) >= 11 is 0. The molecule has 2 unspecified atom stereocenters. The van der Waals surface area contributed by atoms with E-state index in [1.807, 2.05) is 0 Å². The van der Waals surface area contributed by atoms with E-state index in [1.165, 1.54) is 155 Å². The zero-order chi connectivity index (χ0) is 28.3. The van der Waals surface area contributed by atoms with Gasteiger partial charge in [0.15, 0.2) is 0 Å². The first-order valence-corrected chi connectivity index (χ1v) is 17.5. The van der Waals surface area contributed by atoms with Crippen molar-refractivity contribution in [2.45, 2.75) is 155 Å². The van der Waals surface area contributed by atoms with Crippen molar-refractivity contribution >= 4 is 10.4 Å². The Balaban J connectivity index is 0.00000171. The van der Waals surface area contributed by atoms with E-state index in [-0.39, 0.29) is 6.61 Å². The topological polar surface area (TPSA) is 94.3 Å². The lowest BCUT2D eigenvalue weighted by Crippen LogP contribution is -3.14. The number of nitrogens with zero attached hydrogens (tertiary/aromatic N) is 1. The highest BCUT2D eigenvalue weighted by Crippen LogP contribution is 2.15. The lowest BCUT2D eigenvalue weighted by atomic mass is 10.0. The van der Waals surface area contributed by atoms with Gasteiger partial charge in [-0.25, -0.2) is 13.3 Å². The van der Waals surface area contributed by atoms with Crippen molar-refractivity contribution in [2.24, 2.45) is 0 Å². The summed E-state index contributed by atoms with van der Waals surface area (Å²) in [7, 11) is -4.42. The normalized spacial score (nSPS) is 18.0. The van der Waals surface area contributed by atoms with Gasteiger partial charge in [-0.05, 0) is 20.3 Å². The quantitative estimate of drug-likeness (QED) is 0.0823. The molecule has 0 bridgehead atoms. The molecule has 38 heavy (non-hydrogen) atoms. The van der Waals surface area contributed by atoms with Gasteiger partial charge >= 0.3 is 0 Å². The third-order valence-corrected chi connectivity index (χ3v) is 8.34. The fourth-order valence-electron chi connectivity index (χ4n) is 5.62. The number of hydrogen-bond donors (Lipinski definition) is 2. The van der Waals surface area contributed by atoms with E-state index < -0.39 is 10.4 Å². The van der Waals surface area contributed by atoms with E-state index in [4.69, 9.17) is 0 Å². The first-order chi connectivity index (χ1) is 18.4. The maximum atomic E-state index is 9.45. The number of nitrogens with one attached hydrogen (secondary N) is 1. The molecular formula is C30H64N2O5S. The second-order valence-corrected chi connectivity index (χ2v) is 12.1. The van der Waals surface area contributed by atoms with Crippen LogP contribution in [0.1, 0.15) is 149 Å². The molecule has 0 aromatic carbocycles. The van der Waals surface area contributed by atoms with Crippen molar-refractivity contribution in [1.82, 2.24) is 4.90 Å². The first-order valence-electron chi connectivity index (χ1n) is 16.2. The zero-order valence-corrected chi connectivity index (χ0v) is 26.2. The van der Waals surface area contributed by atoms with Crippen LogP contribution in [0.4, 0.5) is 0 Å². The molecule has 1 heterocycles. The van der Waals surface area contributed by atoms with Crippen LogP contribution in [-0.4, -0.2) is 68.5 Å². The largest absolute Gasteiger partial charge is 0.726 e. The molecule has 0 aliphatic carbocycles. The molecule has 1 aliphatic rings. The van der Waals surface area contributed by atoms with E-state index >= 15 is 0 Å². The fraction of sp³-hybridized carbons (Fsp3) is 1.00. The van der Waals surface area contributed by atoms with Crippen LogP contribution >= 0.6 is 0 Å². The highest BCUT2D eigenvalue weighted by molar-refractivity contribution is 7.80. The van der Waals surface area contributed by atoms with Gasteiger partial charge in [-0.15, -0.1) is 0 Å². The summed E-state index contributed by atoms with van der Waals surface area (Å²) in [4.78, 5) is 4.25. The predicted molar refractivity (Wildman–Crippen MR) is 158 cm³/mol. The summed E-state index contributed by atoms with van der Waals surface area (Å²) in [5.74, 6) is 0. The van der Waals surface area contributed by atoms with Gasteiger partial charge in [0.25, 0.3) is 0 Å². The Morgan fingerprint density at radius 2 is 1.18 bits per heavy atom. The molecule has 1 saturated heterocycles. The zero-order valence-electron chi connectivity index (χ0n) is 25.4. The average Bonchev–Trinajstić information content (AvgIpc) is 3.26. The van der Waals surface area contributed by atoms with Crippen LogP contribution in [0.5, 0.6) is 0 Å². The molecule has 0 radical (unpaired) electrons. The molecule has 7 nitrogen and oxygen atoms in total. The van der Waals surface area contributed by atoms with E-state index in [0.717, 1.165) is 6.54 Å². The van der Waals surface area contributed by atoms with Crippen LogP contribution in [0.25, 0.3) is 0 Å². The predicted octanol–water partition coefficient (Wildman–Crippen LogP) is 5.83. The number of quaternary nitrogens is 1. The number of aliphatic hydroxyl groups excluding tert-OH is 1. The summed E-state index contributed by atoms with van der Waals surface area (Å²) < 4.78 is 32.0. The van der Waals surface area contributed by atoms with E-state index in [2.05, 4.69) is 22.9 Å². The number of β-amino-alcohol motifs (C(OH)–C–C–N with tert-alkyl or cyclic N) is 1. The highest BCUT2D eigenvalue weighted by Gasteiger charge is 2.33. The molecule has 1 rings (SSSR count). The molecule has 0 aromatic heterocycles. The summed E-state index contributed by atoms with van der Waals surface area (Å²) in [5.41, 5.74) is 0. The minimum Gasteiger partial charge on any atom is -0.726 e. The average molecular weight is 565 g/mol. The number of hydrogen-bond acceptors (Lipinski definition) is 6. The van der Waals surface area contributed by atoms with Crippen LogP contribution in [-0.2, 0) is 14.6 Å². The maximum Gasteiger partial charge on any atom is 0.217 e. The van der Waals surface area contributed by atoms with Gasteiger partial charge in [-0.1, -0.05) is 122 Å². The van der Waals surface area contributed by atoms with E-state index in [0.29, 0.717) is 12.8 Å². The van der Waals surface area contributed by atoms with Gasteiger partial charge in [0.2, 0.25) is 10.4 Å². The van der Waals surface area contributed by atoms with Crippen molar-refractivity contribution in [1.29, 1.82) is 0 Å². The fourth-order valence-corrected chi connectivity index (χ4v) is 5.91. The van der Waals surface area contributed by atoms with Gasteiger partial charge in [-0.2, -0.15) is 0 Å². The second kappa shape index (κ2) is 26.9. The smallest absolute Gasteiger partial charge is 0.217 e. The molecule has 0 amide bonds. The lowest BCUT2D eigenvalue weighted by Gasteiger charge is -2.26. The van der Waals surface area contributed by atoms with E-state index in [1.54, 1.807) is 4.90 Å². The SMILES string of the molecule is CCCCCCCCCCCCCCCCCCCCCC1N(CCO)CC[NH+]1CC.CCOS(=O)(=O)[O-]. The summed E-state index contributed by atoms with van der Waals surface area (Å²) in [6.45, 7) is 10.8. The van der Waals surface area contributed by atoms with Gasteiger partial charge in [-0.3, -0.25) is 4.18 Å². The van der Waals surface area contributed by atoms with Gasteiger partial charge < -0.3 is 14.6 Å². The Morgan fingerprint density at radius 3 is 1.50 bits per heavy atom. The monoisotopic (exact) mass is 564 g/mol. The number of unbranched alkanes of at least 4 members (excludes halogenated alkanes) is 18. The van der Waals surface area contributed by atoms with Crippen molar-refractivity contribution in [3.05, 3.63) is 0 Å². The second-order valence-electron chi connectivity index (χ2n) is 11.0. The molecule has 230 valence electrons. The van der Waals surface area contributed by atoms with Gasteiger partial charge in [0.05, 0.1) is 32.8 Å². The van der Waals surface area contributed by atoms with Crippen molar-refractivity contribution in [3.63, 3.8) is 0 Å². The van der Waals surface area contributed by atoms with Crippen molar-refractivity contribution in [2.75, 3.05) is 39.4 Å². The molecule has 0 saturated carbocycles. The Bertz CT molecular complexity index is 591. The van der Waals surface area contributed by atoms with Crippen LogP contribution in [0, 0.1) is 0 Å². The Hall–Kier alpha value is -0.250. The summed E-state index contributed by atoms with van der Waals surface area (Å²) in [5, 5.41) is 9.29. The van der Waals surface area contributed by atoms with Crippen molar-refractivity contribution < 1.29 is 27.2 Å². The Labute approximate surface area is 237 Å².